The normalized spacial score (nSPS) is 29.5. The first-order chi connectivity index (χ1) is 8.74. The monoisotopic (exact) mass is 266 g/mol. The summed E-state index contributed by atoms with van der Waals surface area (Å²) >= 11 is 0. The molecule has 2 N–H and O–H groups in total. The fraction of sp³-hybridized carbons (Fsp3) is 0.938. The Morgan fingerprint density at radius 2 is 2.05 bits per heavy atom. The van der Waals surface area contributed by atoms with Crippen LogP contribution < -0.4 is 5.73 Å². The van der Waals surface area contributed by atoms with Gasteiger partial charge in [-0.3, -0.25) is 0 Å². The molecule has 110 valence electrons. The van der Waals surface area contributed by atoms with Gasteiger partial charge >= 0.3 is 0 Å². The average molecular weight is 266 g/mol. The fourth-order valence-corrected chi connectivity index (χ4v) is 3.29. The molecule has 3 nitrogen and oxygen atoms in total. The van der Waals surface area contributed by atoms with Crippen molar-refractivity contribution in [2.75, 3.05) is 6.61 Å². The predicted octanol–water partition coefficient (Wildman–Crippen LogP) is 3.63. The largest absolute Gasteiger partial charge is 0.378 e. The van der Waals surface area contributed by atoms with Crippen LogP contribution in [0.5, 0.6) is 0 Å². The third-order valence-electron chi connectivity index (χ3n) is 4.05. The van der Waals surface area contributed by atoms with Crippen molar-refractivity contribution < 1.29 is 4.74 Å². The summed E-state index contributed by atoms with van der Waals surface area (Å²) in [5.74, 6) is 0.764. The Hall–Kier alpha value is -0.590. The quantitative estimate of drug-likeness (QED) is 0.747. The second-order valence-corrected chi connectivity index (χ2v) is 7.39. The molecule has 3 unspecified atom stereocenters. The van der Waals surface area contributed by atoms with Crippen molar-refractivity contribution in [3.05, 3.63) is 0 Å². The molecule has 1 aliphatic rings. The van der Waals surface area contributed by atoms with Gasteiger partial charge in [-0.25, -0.2) is 0 Å². The predicted molar refractivity (Wildman–Crippen MR) is 78.6 cm³/mol. The molecule has 0 aromatic rings. The zero-order valence-corrected chi connectivity index (χ0v) is 13.0. The molecule has 3 atom stereocenters. The number of ether oxygens (including phenoxy) is 1. The van der Waals surface area contributed by atoms with E-state index in [1.807, 2.05) is 0 Å². The summed E-state index contributed by atoms with van der Waals surface area (Å²) in [7, 11) is 0. The van der Waals surface area contributed by atoms with E-state index in [0.29, 0.717) is 11.5 Å². The molecule has 0 radical (unpaired) electrons. The van der Waals surface area contributed by atoms with Gasteiger partial charge in [0.1, 0.15) is 5.54 Å². The Kier molecular flexibility index (Phi) is 5.82. The number of hydrogen-bond donors (Lipinski definition) is 1. The molecule has 0 bridgehead atoms. The summed E-state index contributed by atoms with van der Waals surface area (Å²) in [6.45, 7) is 9.59. The van der Waals surface area contributed by atoms with Gasteiger partial charge in [-0.1, -0.05) is 20.8 Å². The number of nitrogens with zero attached hydrogens (tertiary/aromatic N) is 1. The minimum absolute atomic E-state index is 0.416. The number of nitriles is 1. The Bertz CT molecular complexity index is 317. The second-order valence-electron chi connectivity index (χ2n) is 7.39. The molecule has 0 heterocycles. The van der Waals surface area contributed by atoms with Crippen molar-refractivity contribution in [3.8, 4) is 6.07 Å². The summed E-state index contributed by atoms with van der Waals surface area (Å²) in [5, 5.41) is 8.83. The Morgan fingerprint density at radius 1 is 1.37 bits per heavy atom. The molecule has 1 fully saturated rings. The van der Waals surface area contributed by atoms with E-state index >= 15 is 0 Å². The highest BCUT2D eigenvalue weighted by Gasteiger charge is 2.32. The number of unbranched alkanes of at least 4 members (excludes halogenated alkanes) is 1. The lowest BCUT2D eigenvalue weighted by atomic mass is 9.71. The molecule has 0 amide bonds. The van der Waals surface area contributed by atoms with Crippen molar-refractivity contribution in [3.63, 3.8) is 0 Å². The van der Waals surface area contributed by atoms with Crippen LogP contribution in [0.25, 0.3) is 0 Å². The zero-order valence-electron chi connectivity index (χ0n) is 13.0. The van der Waals surface area contributed by atoms with Gasteiger partial charge in [0.15, 0.2) is 0 Å². The van der Waals surface area contributed by atoms with E-state index in [1.165, 1.54) is 19.3 Å². The topological polar surface area (TPSA) is 59.0 Å². The van der Waals surface area contributed by atoms with Crippen LogP contribution in [0.3, 0.4) is 0 Å². The maximum atomic E-state index is 8.83. The van der Waals surface area contributed by atoms with Gasteiger partial charge < -0.3 is 10.5 Å². The minimum Gasteiger partial charge on any atom is -0.378 e. The Labute approximate surface area is 118 Å². The summed E-state index contributed by atoms with van der Waals surface area (Å²) in [6.07, 6.45) is 6.80. The highest BCUT2D eigenvalue weighted by atomic mass is 16.5. The van der Waals surface area contributed by atoms with Gasteiger partial charge in [-0.2, -0.15) is 5.26 Å². The molecular weight excluding hydrogens is 236 g/mol. The SMILES string of the molecule is CC1CC(OCCCCC(C)(N)C#N)CC(C)(C)C1. The molecular formula is C16H30N2O. The van der Waals surface area contributed by atoms with E-state index in [0.717, 1.165) is 31.8 Å². The van der Waals surface area contributed by atoms with Crippen LogP contribution in [-0.4, -0.2) is 18.2 Å². The molecule has 19 heavy (non-hydrogen) atoms. The highest BCUT2D eigenvalue weighted by molar-refractivity contribution is 5.00. The molecule has 0 aromatic heterocycles. The maximum Gasteiger partial charge on any atom is 0.101 e. The van der Waals surface area contributed by atoms with Crippen LogP contribution in [-0.2, 0) is 4.74 Å². The van der Waals surface area contributed by atoms with Crippen molar-refractivity contribution >= 4 is 0 Å². The van der Waals surface area contributed by atoms with E-state index in [4.69, 9.17) is 15.7 Å². The zero-order chi connectivity index (χ0) is 14.5. The van der Waals surface area contributed by atoms with Crippen LogP contribution in [0, 0.1) is 22.7 Å². The van der Waals surface area contributed by atoms with Crippen LogP contribution >= 0.6 is 0 Å². The van der Waals surface area contributed by atoms with Crippen molar-refractivity contribution in [2.45, 2.75) is 77.9 Å². The minimum atomic E-state index is -0.679. The first-order valence-electron chi connectivity index (χ1n) is 7.56. The van der Waals surface area contributed by atoms with Gasteiger partial charge in [-0.05, 0) is 56.8 Å². The summed E-state index contributed by atoms with van der Waals surface area (Å²) in [6, 6.07) is 2.14. The van der Waals surface area contributed by atoms with Crippen LogP contribution in [0.1, 0.15) is 66.2 Å². The molecule has 0 aromatic carbocycles. The lowest BCUT2D eigenvalue weighted by Crippen LogP contribution is -2.34. The van der Waals surface area contributed by atoms with Gasteiger partial charge in [0.2, 0.25) is 0 Å². The van der Waals surface area contributed by atoms with E-state index in [-0.39, 0.29) is 0 Å². The molecule has 0 spiro atoms. The molecule has 1 saturated carbocycles. The summed E-state index contributed by atoms with van der Waals surface area (Å²) in [4.78, 5) is 0. The van der Waals surface area contributed by atoms with E-state index in [1.54, 1.807) is 6.92 Å². The third-order valence-corrected chi connectivity index (χ3v) is 4.05. The number of nitrogens with two attached hydrogens (primary N) is 1. The van der Waals surface area contributed by atoms with Crippen molar-refractivity contribution in [1.29, 1.82) is 5.26 Å². The molecule has 1 aliphatic carbocycles. The third kappa shape index (κ3) is 6.40. The number of hydrogen-bond acceptors (Lipinski definition) is 3. The van der Waals surface area contributed by atoms with E-state index < -0.39 is 5.54 Å². The Balaban J connectivity index is 2.18. The standard InChI is InChI=1S/C16H30N2O/c1-13-9-14(11-15(2,3)10-13)19-8-6-5-7-16(4,18)12-17/h13-14H,5-11,18H2,1-4H3. The first-order valence-corrected chi connectivity index (χ1v) is 7.56. The van der Waals surface area contributed by atoms with Gasteiger partial charge in [0, 0.05) is 6.61 Å². The average Bonchev–Trinajstić information content (AvgIpc) is 2.25. The van der Waals surface area contributed by atoms with Crippen molar-refractivity contribution in [1.82, 2.24) is 0 Å². The molecule has 1 rings (SSSR count). The molecule has 0 saturated heterocycles. The highest BCUT2D eigenvalue weighted by Crippen LogP contribution is 2.39. The lowest BCUT2D eigenvalue weighted by molar-refractivity contribution is -0.0241. The van der Waals surface area contributed by atoms with Crippen LogP contribution in [0.15, 0.2) is 0 Å². The fourth-order valence-electron chi connectivity index (χ4n) is 3.29. The summed E-state index contributed by atoms with van der Waals surface area (Å²) < 4.78 is 6.01. The molecule has 3 heteroatoms. The smallest absolute Gasteiger partial charge is 0.101 e. The first kappa shape index (κ1) is 16.5. The molecule has 0 aliphatic heterocycles. The lowest BCUT2D eigenvalue weighted by Gasteiger charge is -2.38. The Morgan fingerprint density at radius 3 is 2.63 bits per heavy atom. The van der Waals surface area contributed by atoms with E-state index in [9.17, 15) is 0 Å². The van der Waals surface area contributed by atoms with Crippen molar-refractivity contribution in [2.24, 2.45) is 17.1 Å². The van der Waals surface area contributed by atoms with Crippen LogP contribution in [0.2, 0.25) is 0 Å². The summed E-state index contributed by atoms with van der Waals surface area (Å²) in [5.41, 5.74) is 5.53. The van der Waals surface area contributed by atoms with Gasteiger partial charge in [-0.15, -0.1) is 0 Å². The second kappa shape index (κ2) is 6.72. The van der Waals surface area contributed by atoms with E-state index in [2.05, 4.69) is 26.8 Å². The maximum absolute atomic E-state index is 8.83. The number of rotatable bonds is 6. The van der Waals surface area contributed by atoms with Gasteiger partial charge in [0.05, 0.1) is 12.2 Å². The van der Waals surface area contributed by atoms with Crippen LogP contribution in [0.4, 0.5) is 0 Å². The van der Waals surface area contributed by atoms with Gasteiger partial charge in [0.25, 0.3) is 0 Å².